The number of Topliss-reactive ketones (excluding diaryl/α,β-unsaturated/α-hetero) is 5. The molecule has 0 bridgehead atoms. The fourth-order valence-electron chi connectivity index (χ4n) is 14.1. The van der Waals surface area contributed by atoms with Crippen molar-refractivity contribution in [3.8, 4) is 28.7 Å². The maximum atomic E-state index is 13.9. The molecule has 24 nitrogen and oxygen atoms in total. The summed E-state index contributed by atoms with van der Waals surface area (Å²) in [7, 11) is 1.68. The molecule has 118 heavy (non-hydrogen) atoms. The van der Waals surface area contributed by atoms with E-state index in [-0.39, 0.29) is 73.4 Å². The summed E-state index contributed by atoms with van der Waals surface area (Å²) in [6.45, 7) is 24.5. The number of anilines is 4. The molecule has 1 aromatic heterocycles. The number of hydrogen-bond donors (Lipinski definition) is 3. The van der Waals surface area contributed by atoms with E-state index in [0.717, 1.165) is 180 Å². The van der Waals surface area contributed by atoms with E-state index < -0.39 is 11.9 Å². The molecule has 0 atom stereocenters. The van der Waals surface area contributed by atoms with Crippen LogP contribution in [0.25, 0.3) is 0 Å². The molecule has 12 rings (SSSR count). The van der Waals surface area contributed by atoms with Crippen LogP contribution in [0, 0.1) is 5.82 Å². The monoisotopic (exact) mass is 1620 g/mol. The first kappa shape index (κ1) is 90.8. The van der Waals surface area contributed by atoms with Gasteiger partial charge in [0.1, 0.15) is 79.2 Å². The van der Waals surface area contributed by atoms with Gasteiger partial charge in [0, 0.05) is 203 Å². The zero-order chi connectivity index (χ0) is 83.6. The minimum atomic E-state index is -0.979. The second kappa shape index (κ2) is 49.9. The number of carbonyl (C=O) groups excluding carboxylic acids is 5. The smallest absolute Gasteiger partial charge is 0.303 e. The van der Waals surface area contributed by atoms with E-state index in [2.05, 4.69) is 99.6 Å². The number of pyridine rings is 1. The Labute approximate surface area is 693 Å². The molecule has 0 aliphatic carbocycles. The number of halogens is 1. The Bertz CT molecular complexity index is 4360. The number of aromatic nitrogens is 1. The third-order valence-corrected chi connectivity index (χ3v) is 21.1. The van der Waals surface area contributed by atoms with Crippen molar-refractivity contribution in [2.45, 2.75) is 84.5 Å². The first-order valence-corrected chi connectivity index (χ1v) is 41.2. The Morgan fingerprint density at radius 1 is 0.407 bits per heavy atom. The van der Waals surface area contributed by atoms with Crippen LogP contribution >= 0.6 is 0 Å². The highest BCUT2D eigenvalue weighted by Gasteiger charge is 2.24. The molecule has 8 aromatic rings. The molecular formula is C93H116FN9O15. The molecule has 4 aliphatic heterocycles. The van der Waals surface area contributed by atoms with Crippen LogP contribution in [0.15, 0.2) is 194 Å². The van der Waals surface area contributed by atoms with Gasteiger partial charge in [-0.05, 0) is 171 Å². The van der Waals surface area contributed by atoms with Gasteiger partial charge in [0.2, 0.25) is 0 Å². The summed E-state index contributed by atoms with van der Waals surface area (Å²) in [6, 6.07) is 58.9. The van der Waals surface area contributed by atoms with Gasteiger partial charge < -0.3 is 63.4 Å². The fraction of sp³-hybridized carbons (Fsp3) is 0.419. The van der Waals surface area contributed by atoms with Crippen LogP contribution in [0.5, 0.6) is 28.7 Å². The standard InChI is InChI=1S/C26H36N2O3.C23H28N2O5.C22H25FN2O4.C22H27N3O3/c1-2-23-8-4-6-10-26(23)28-17-15-27(16-18-28)19-20-31-25-13-11-22(12-14-25)7-3-5-9-24(30)21-29;1-29-21-4-2-3-19(17-21)25-13-11-24(12-14-25)15-16-30-20-7-5-18(6-8-20)22(26)9-10-23(27)28;23-19-3-1-2-4-20(19)25-13-11-24(12-14-25)15-16-29-18-7-5-17(6-8-18)21(26)9-10-22(27)28;1-18(26)5-10-21(27)19-6-8-20(9-7-19)28-17-16-24-12-14-25(15-13-24)22-4-2-3-11-23-22/h4,6,8,10-14,29H,2-3,5,7,9,15-21H2,1H3;2-8,17H,9-16H2,1H3,(H,27,28);1-8H,9-16H2,(H,27,28);2-4,6-9,11H,5,10,12-17H2,1H3. The number of rotatable bonds is 40. The van der Waals surface area contributed by atoms with Gasteiger partial charge in [-0.15, -0.1) is 0 Å². The first-order chi connectivity index (χ1) is 57.4. The highest BCUT2D eigenvalue weighted by Crippen LogP contribution is 2.27. The number of aryl methyl sites for hydroxylation is 2. The number of unbranched alkanes of at least 4 members (excludes halogenated alkanes) is 1. The van der Waals surface area contributed by atoms with Gasteiger partial charge in [-0.3, -0.25) is 48.4 Å². The molecule has 4 aliphatic rings. The highest BCUT2D eigenvalue weighted by atomic mass is 19.1. The van der Waals surface area contributed by atoms with Crippen LogP contribution < -0.4 is 43.3 Å². The van der Waals surface area contributed by atoms with Crippen LogP contribution in [-0.2, 0) is 32.0 Å². The number of ether oxygens (including phenoxy) is 5. The summed E-state index contributed by atoms with van der Waals surface area (Å²) in [5.41, 5.74) is 7.54. The summed E-state index contributed by atoms with van der Waals surface area (Å²) in [4.78, 5) is 102. The van der Waals surface area contributed by atoms with Crippen LogP contribution in [0.3, 0.4) is 0 Å². The molecule has 0 unspecified atom stereocenters. The second-order valence-corrected chi connectivity index (χ2v) is 29.4. The summed E-state index contributed by atoms with van der Waals surface area (Å²) in [5.74, 6) is 2.43. The SMILES string of the molecule is CC(=O)CCC(=O)c1ccc(OCCN2CCN(c3ccccn3)CC2)cc1.CCc1ccccc1N1CCN(CCOc2ccc(CCCCC(=O)CO)cc2)CC1.COc1cccc(N2CCN(CCOc3ccc(C(=O)CCC(=O)O)cc3)CC2)c1.O=C(O)CCC(=O)c1ccc(OCCN2CCN(c3ccccc3F)CC2)cc1. The number of carbonyl (C=O) groups is 7. The van der Waals surface area contributed by atoms with Crippen molar-refractivity contribution in [2.24, 2.45) is 0 Å². The summed E-state index contributed by atoms with van der Waals surface area (Å²) < 4.78 is 42.5. The highest BCUT2D eigenvalue weighted by molar-refractivity contribution is 5.99. The Balaban J connectivity index is 0.000000179. The van der Waals surface area contributed by atoms with Gasteiger partial charge >= 0.3 is 11.9 Å². The van der Waals surface area contributed by atoms with Crippen LogP contribution in [0.2, 0.25) is 0 Å². The molecule has 25 heteroatoms. The lowest BCUT2D eigenvalue weighted by Gasteiger charge is -2.37. The zero-order valence-electron chi connectivity index (χ0n) is 68.6. The maximum absolute atomic E-state index is 13.9. The number of methoxy groups -OCH3 is 1. The van der Waals surface area contributed by atoms with Crippen molar-refractivity contribution in [2.75, 3.05) is 191 Å². The normalized spacial score (nSPS) is 14.6. The van der Waals surface area contributed by atoms with Crippen molar-refractivity contribution in [1.29, 1.82) is 0 Å². The summed E-state index contributed by atoms with van der Waals surface area (Å²) in [5, 5.41) is 26.1. The number of aliphatic hydroxyl groups is 1. The number of carboxylic acid groups (broad SMARTS) is 2. The van der Waals surface area contributed by atoms with Gasteiger partial charge in [0.25, 0.3) is 0 Å². The van der Waals surface area contributed by atoms with Crippen molar-refractivity contribution < 1.29 is 77.0 Å². The molecule has 4 fully saturated rings. The van der Waals surface area contributed by atoms with E-state index in [1.54, 1.807) is 73.8 Å². The molecule has 0 saturated carbocycles. The van der Waals surface area contributed by atoms with Crippen molar-refractivity contribution in [3.05, 3.63) is 228 Å². The predicted octanol–water partition coefficient (Wildman–Crippen LogP) is 12.6. The predicted molar refractivity (Wildman–Crippen MR) is 458 cm³/mol. The van der Waals surface area contributed by atoms with Crippen molar-refractivity contribution >= 4 is 63.7 Å². The van der Waals surface area contributed by atoms with E-state index in [4.69, 9.17) is 39.0 Å². The van der Waals surface area contributed by atoms with Crippen molar-refractivity contribution in [1.82, 2.24) is 24.6 Å². The largest absolute Gasteiger partial charge is 0.497 e. The van der Waals surface area contributed by atoms with E-state index in [1.165, 1.54) is 35.5 Å². The van der Waals surface area contributed by atoms with E-state index >= 15 is 0 Å². The number of aliphatic carboxylic acids is 2. The Hall–Kier alpha value is -11.1. The quantitative estimate of drug-likeness (QED) is 0.0238. The molecular weight excluding hydrogens is 1500 g/mol. The molecule has 7 aromatic carbocycles. The van der Waals surface area contributed by atoms with Gasteiger partial charge in [0.05, 0.1) is 25.6 Å². The minimum absolute atomic E-state index is 0.00556. The lowest BCUT2D eigenvalue weighted by molar-refractivity contribution is -0.137. The molecule has 4 saturated heterocycles. The van der Waals surface area contributed by atoms with E-state index in [9.17, 15) is 38.0 Å². The Kier molecular flexibility index (Phi) is 38.4. The van der Waals surface area contributed by atoms with Gasteiger partial charge in [-0.1, -0.05) is 61.5 Å². The summed E-state index contributed by atoms with van der Waals surface area (Å²) in [6.07, 6.45) is 6.36. The van der Waals surface area contributed by atoms with Gasteiger partial charge in [-0.25, -0.2) is 9.37 Å². The number of hydrogen-bond acceptors (Lipinski definition) is 22. The molecule has 0 spiro atoms. The molecule has 3 N–H and O–H groups in total. The van der Waals surface area contributed by atoms with Crippen LogP contribution in [0.1, 0.15) is 114 Å². The first-order valence-electron chi connectivity index (χ1n) is 41.2. The van der Waals surface area contributed by atoms with Crippen LogP contribution in [-0.4, -0.2) is 252 Å². The van der Waals surface area contributed by atoms with E-state index in [1.807, 2.05) is 72.9 Å². The zero-order valence-corrected chi connectivity index (χ0v) is 68.6. The van der Waals surface area contributed by atoms with Gasteiger partial charge in [0.15, 0.2) is 23.1 Å². The Morgan fingerprint density at radius 2 is 0.814 bits per heavy atom. The number of benzene rings is 7. The molecule has 0 radical (unpaired) electrons. The second-order valence-electron chi connectivity index (χ2n) is 29.4. The van der Waals surface area contributed by atoms with Gasteiger partial charge in [-0.2, -0.15) is 0 Å². The fourth-order valence-corrected chi connectivity index (χ4v) is 14.1. The number of piperazine rings is 4. The molecule has 5 heterocycles. The number of para-hydroxylation sites is 2. The average molecular weight is 1620 g/mol. The maximum Gasteiger partial charge on any atom is 0.303 e. The lowest BCUT2D eigenvalue weighted by Crippen LogP contribution is -2.47. The topological polar surface area (TPSA) is 265 Å². The lowest BCUT2D eigenvalue weighted by atomic mass is 10.1. The number of aliphatic hydroxyl groups excluding tert-OH is 1. The number of ketones is 5. The average Bonchev–Trinajstić information content (AvgIpc) is 0.837. The molecule has 0 amide bonds. The third-order valence-electron chi connectivity index (χ3n) is 21.1. The van der Waals surface area contributed by atoms with Crippen LogP contribution in [0.4, 0.5) is 27.3 Å². The van der Waals surface area contributed by atoms with Crippen molar-refractivity contribution in [3.63, 3.8) is 0 Å². The third kappa shape index (κ3) is 31.7. The van der Waals surface area contributed by atoms with E-state index in [0.29, 0.717) is 73.1 Å². The Morgan fingerprint density at radius 3 is 1.23 bits per heavy atom. The number of nitrogens with zero attached hydrogens (tertiary/aromatic N) is 9. The minimum Gasteiger partial charge on any atom is -0.497 e. The molecule has 630 valence electrons. The number of carboxylic acids is 2. The summed E-state index contributed by atoms with van der Waals surface area (Å²) >= 11 is 0.